The van der Waals surface area contributed by atoms with Crippen molar-refractivity contribution >= 4 is 11.7 Å². The number of aromatic amines is 1. The summed E-state index contributed by atoms with van der Waals surface area (Å²) < 4.78 is 19.1. The molecule has 0 aliphatic rings. The summed E-state index contributed by atoms with van der Waals surface area (Å²) in [5.74, 6) is 0.329. The Labute approximate surface area is 108 Å². The summed E-state index contributed by atoms with van der Waals surface area (Å²) in [4.78, 5) is 11.9. The van der Waals surface area contributed by atoms with E-state index in [1.807, 2.05) is 0 Å². The number of H-pyrrole nitrogens is 1. The van der Waals surface area contributed by atoms with Crippen molar-refractivity contribution in [2.45, 2.75) is 13.1 Å². The fourth-order valence-electron chi connectivity index (χ4n) is 1.44. The molecule has 102 valence electrons. The van der Waals surface area contributed by atoms with Gasteiger partial charge in [-0.25, -0.2) is 4.39 Å². The van der Waals surface area contributed by atoms with Crippen molar-refractivity contribution in [2.24, 2.45) is 7.05 Å². The number of amides is 1. The first kappa shape index (κ1) is 13.1. The minimum atomic E-state index is -1.09. The standard InChI is InChI=1S/C11H14FN5O2/c1-7(12)6-19-10-5-8(17(2)16-10)11(18)14-9-3-4-13-15-9/h3-5,7H,6H2,1-2H3,(H2,13,14,15,18). The van der Waals surface area contributed by atoms with Crippen LogP contribution < -0.4 is 10.1 Å². The Morgan fingerprint density at radius 2 is 2.47 bits per heavy atom. The molecule has 0 radical (unpaired) electrons. The Kier molecular flexibility index (Phi) is 3.79. The predicted molar refractivity (Wildman–Crippen MR) is 65.8 cm³/mol. The van der Waals surface area contributed by atoms with Crippen molar-refractivity contribution in [1.29, 1.82) is 0 Å². The van der Waals surface area contributed by atoms with Crippen LogP contribution in [0.1, 0.15) is 17.4 Å². The molecule has 2 aromatic heterocycles. The fraction of sp³-hybridized carbons (Fsp3) is 0.364. The minimum absolute atomic E-state index is 0.0986. The maximum Gasteiger partial charge on any atom is 0.275 e. The van der Waals surface area contributed by atoms with E-state index < -0.39 is 6.17 Å². The number of nitrogens with zero attached hydrogens (tertiary/aromatic N) is 3. The quantitative estimate of drug-likeness (QED) is 0.850. The lowest BCUT2D eigenvalue weighted by Crippen LogP contribution is -2.16. The number of hydrogen-bond donors (Lipinski definition) is 2. The van der Waals surface area contributed by atoms with Gasteiger partial charge < -0.3 is 10.1 Å². The zero-order valence-corrected chi connectivity index (χ0v) is 10.6. The van der Waals surface area contributed by atoms with Gasteiger partial charge in [-0.1, -0.05) is 0 Å². The number of ether oxygens (including phenoxy) is 1. The summed E-state index contributed by atoms with van der Waals surface area (Å²) in [6.45, 7) is 1.29. The van der Waals surface area contributed by atoms with Gasteiger partial charge in [0, 0.05) is 19.2 Å². The number of halogens is 1. The van der Waals surface area contributed by atoms with Crippen molar-refractivity contribution in [3.8, 4) is 5.88 Å². The summed E-state index contributed by atoms with van der Waals surface area (Å²) in [6, 6.07) is 3.07. The molecule has 1 amide bonds. The van der Waals surface area contributed by atoms with E-state index in [1.54, 1.807) is 13.1 Å². The predicted octanol–water partition coefficient (Wildman–Crippen LogP) is 1.13. The molecule has 19 heavy (non-hydrogen) atoms. The van der Waals surface area contributed by atoms with Gasteiger partial charge in [-0.2, -0.15) is 5.10 Å². The van der Waals surface area contributed by atoms with E-state index >= 15 is 0 Å². The summed E-state index contributed by atoms with van der Waals surface area (Å²) in [5.41, 5.74) is 0.302. The molecule has 0 spiro atoms. The summed E-state index contributed by atoms with van der Waals surface area (Å²) >= 11 is 0. The highest BCUT2D eigenvalue weighted by molar-refractivity contribution is 6.02. The number of alkyl halides is 1. The minimum Gasteiger partial charge on any atom is -0.474 e. The Morgan fingerprint density at radius 3 is 3.11 bits per heavy atom. The number of carbonyl (C=O) groups excluding carboxylic acids is 1. The average molecular weight is 267 g/mol. The number of nitrogens with one attached hydrogen (secondary N) is 2. The fourth-order valence-corrected chi connectivity index (χ4v) is 1.44. The van der Waals surface area contributed by atoms with E-state index in [-0.39, 0.29) is 18.4 Å². The van der Waals surface area contributed by atoms with Crippen molar-refractivity contribution in [3.05, 3.63) is 24.0 Å². The van der Waals surface area contributed by atoms with Crippen molar-refractivity contribution in [2.75, 3.05) is 11.9 Å². The third-order valence-electron chi connectivity index (χ3n) is 2.30. The van der Waals surface area contributed by atoms with Crippen molar-refractivity contribution < 1.29 is 13.9 Å². The van der Waals surface area contributed by atoms with Gasteiger partial charge in [0.25, 0.3) is 5.91 Å². The Bertz CT molecular complexity index is 549. The normalized spacial score (nSPS) is 12.2. The molecule has 2 N–H and O–H groups in total. The molecule has 0 aromatic carbocycles. The molecule has 1 unspecified atom stereocenters. The molecule has 0 aliphatic carbocycles. The number of rotatable bonds is 5. The van der Waals surface area contributed by atoms with E-state index in [9.17, 15) is 9.18 Å². The van der Waals surface area contributed by atoms with Crippen LogP contribution in [0, 0.1) is 0 Å². The molecular formula is C11H14FN5O2. The van der Waals surface area contributed by atoms with Gasteiger partial charge >= 0.3 is 0 Å². The maximum absolute atomic E-state index is 12.7. The van der Waals surface area contributed by atoms with E-state index in [2.05, 4.69) is 20.6 Å². The molecule has 8 heteroatoms. The second-order valence-corrected chi connectivity index (χ2v) is 4.01. The topological polar surface area (TPSA) is 84.8 Å². The highest BCUT2D eigenvalue weighted by Crippen LogP contribution is 2.13. The first-order valence-corrected chi connectivity index (χ1v) is 5.68. The van der Waals surface area contributed by atoms with Crippen LogP contribution in [-0.4, -0.2) is 38.7 Å². The van der Waals surface area contributed by atoms with Crippen LogP contribution in [0.15, 0.2) is 18.3 Å². The SMILES string of the molecule is CC(F)COc1cc(C(=O)Nc2ccn[nH]2)n(C)n1. The lowest BCUT2D eigenvalue weighted by Gasteiger charge is -2.01. The van der Waals surface area contributed by atoms with E-state index in [1.165, 1.54) is 23.9 Å². The van der Waals surface area contributed by atoms with Gasteiger partial charge in [0.1, 0.15) is 24.3 Å². The number of aryl methyl sites for hydroxylation is 1. The van der Waals surface area contributed by atoms with Gasteiger partial charge in [-0.15, -0.1) is 5.10 Å². The summed E-state index contributed by atoms with van der Waals surface area (Å²) in [7, 11) is 1.60. The van der Waals surface area contributed by atoms with Crippen LogP contribution in [0.25, 0.3) is 0 Å². The van der Waals surface area contributed by atoms with Gasteiger partial charge in [-0.05, 0) is 6.92 Å². The van der Waals surface area contributed by atoms with Crippen molar-refractivity contribution in [1.82, 2.24) is 20.0 Å². The Morgan fingerprint density at radius 1 is 1.68 bits per heavy atom. The maximum atomic E-state index is 12.7. The first-order valence-electron chi connectivity index (χ1n) is 5.68. The monoisotopic (exact) mass is 267 g/mol. The lowest BCUT2D eigenvalue weighted by molar-refractivity contribution is 0.101. The summed E-state index contributed by atoms with van der Waals surface area (Å²) in [6.07, 6.45) is 0.431. The number of aromatic nitrogens is 4. The molecule has 0 saturated carbocycles. The van der Waals surface area contributed by atoms with E-state index in [0.717, 1.165) is 0 Å². The molecule has 0 fully saturated rings. The van der Waals surface area contributed by atoms with Crippen LogP contribution in [0.4, 0.5) is 10.2 Å². The molecule has 7 nitrogen and oxygen atoms in total. The highest BCUT2D eigenvalue weighted by atomic mass is 19.1. The lowest BCUT2D eigenvalue weighted by atomic mass is 10.4. The van der Waals surface area contributed by atoms with Crippen LogP contribution in [0.3, 0.4) is 0 Å². The third-order valence-corrected chi connectivity index (χ3v) is 2.30. The van der Waals surface area contributed by atoms with Crippen LogP contribution in [0.5, 0.6) is 5.88 Å². The molecule has 0 bridgehead atoms. The molecule has 2 heterocycles. The zero-order valence-electron chi connectivity index (χ0n) is 10.6. The smallest absolute Gasteiger partial charge is 0.275 e. The van der Waals surface area contributed by atoms with Crippen molar-refractivity contribution in [3.63, 3.8) is 0 Å². The third kappa shape index (κ3) is 3.30. The molecule has 2 rings (SSSR count). The molecule has 2 aromatic rings. The van der Waals surface area contributed by atoms with Gasteiger partial charge in [0.15, 0.2) is 0 Å². The Balaban J connectivity index is 2.05. The van der Waals surface area contributed by atoms with Crippen LogP contribution in [0.2, 0.25) is 0 Å². The number of anilines is 1. The van der Waals surface area contributed by atoms with Crippen LogP contribution in [-0.2, 0) is 7.05 Å². The summed E-state index contributed by atoms with van der Waals surface area (Å²) in [5, 5.41) is 12.9. The number of carbonyl (C=O) groups is 1. The number of hydrogen-bond acceptors (Lipinski definition) is 4. The second-order valence-electron chi connectivity index (χ2n) is 4.01. The molecule has 1 atom stereocenters. The molecular weight excluding hydrogens is 253 g/mol. The van der Waals surface area contributed by atoms with Gasteiger partial charge in [-0.3, -0.25) is 14.6 Å². The van der Waals surface area contributed by atoms with Gasteiger partial charge in [0.2, 0.25) is 5.88 Å². The first-order chi connectivity index (χ1) is 9.06. The molecule has 0 saturated heterocycles. The largest absolute Gasteiger partial charge is 0.474 e. The van der Waals surface area contributed by atoms with Gasteiger partial charge in [0.05, 0.1) is 6.20 Å². The van der Waals surface area contributed by atoms with E-state index in [0.29, 0.717) is 11.5 Å². The highest BCUT2D eigenvalue weighted by Gasteiger charge is 2.15. The second kappa shape index (κ2) is 5.51. The van der Waals surface area contributed by atoms with E-state index in [4.69, 9.17) is 4.74 Å². The zero-order chi connectivity index (χ0) is 13.8. The Hall–Kier alpha value is -2.38. The molecule has 0 aliphatic heterocycles. The average Bonchev–Trinajstić information content (AvgIpc) is 2.96. The van der Waals surface area contributed by atoms with Crippen LogP contribution >= 0.6 is 0 Å².